The van der Waals surface area contributed by atoms with Crippen molar-refractivity contribution in [3.05, 3.63) is 102 Å². The van der Waals surface area contributed by atoms with Crippen LogP contribution in [0.15, 0.2) is 84.9 Å². The highest BCUT2D eigenvalue weighted by Crippen LogP contribution is 2.30. The first kappa shape index (κ1) is 23.7. The summed E-state index contributed by atoms with van der Waals surface area (Å²) in [6.45, 7) is 0. The molecule has 0 heterocycles. The summed E-state index contributed by atoms with van der Waals surface area (Å²) in [7, 11) is 0. The first-order chi connectivity index (χ1) is 15.7. The lowest BCUT2D eigenvalue weighted by Gasteiger charge is -2.11. The van der Waals surface area contributed by atoms with E-state index in [1.165, 1.54) is 30.3 Å². The molecule has 3 rings (SSSR count). The van der Waals surface area contributed by atoms with Gasteiger partial charge in [0, 0.05) is 23.0 Å². The predicted octanol–water partition coefficient (Wildman–Crippen LogP) is 5.48. The van der Waals surface area contributed by atoms with Crippen LogP contribution in [-0.4, -0.2) is 16.9 Å². The number of thiocarbonyl (C=S) groups is 1. The van der Waals surface area contributed by atoms with Gasteiger partial charge in [-0.25, -0.2) is 0 Å². The highest BCUT2D eigenvalue weighted by Gasteiger charge is 2.30. The molecule has 0 saturated heterocycles. The largest absolute Gasteiger partial charge is 0.416 e. The summed E-state index contributed by atoms with van der Waals surface area (Å²) in [5.74, 6) is -0.976. The Kier molecular flexibility index (Phi) is 7.57. The van der Waals surface area contributed by atoms with E-state index in [0.717, 1.165) is 17.7 Å². The first-order valence-corrected chi connectivity index (χ1v) is 10.1. The van der Waals surface area contributed by atoms with E-state index >= 15 is 0 Å². The Bertz CT molecular complexity index is 1180. The molecule has 0 atom stereocenters. The highest BCUT2D eigenvalue weighted by molar-refractivity contribution is 7.80. The minimum Gasteiger partial charge on any atom is -0.332 e. The second-order valence-corrected chi connectivity index (χ2v) is 7.21. The fraction of sp³-hybridized carbons (Fsp3) is 0.0417. The third-order valence-corrected chi connectivity index (χ3v) is 4.52. The molecule has 9 heteroatoms. The molecule has 0 aliphatic carbocycles. The molecule has 3 aromatic rings. The molecular formula is C24H18F3N3O2S. The van der Waals surface area contributed by atoms with E-state index in [0.29, 0.717) is 5.69 Å². The molecule has 0 aliphatic rings. The normalized spacial score (nSPS) is 11.1. The number of alkyl halides is 3. The van der Waals surface area contributed by atoms with Crippen LogP contribution in [0.1, 0.15) is 21.5 Å². The number of carbonyl (C=O) groups excluding carboxylic acids is 2. The number of rotatable bonds is 5. The number of benzene rings is 3. The van der Waals surface area contributed by atoms with E-state index in [9.17, 15) is 22.8 Å². The maximum absolute atomic E-state index is 12.8. The lowest BCUT2D eigenvalue weighted by molar-refractivity contribution is -0.137. The van der Waals surface area contributed by atoms with Crippen LogP contribution in [0.5, 0.6) is 0 Å². The lowest BCUT2D eigenvalue weighted by Crippen LogP contribution is -2.32. The van der Waals surface area contributed by atoms with Gasteiger partial charge in [0.1, 0.15) is 0 Å². The Morgan fingerprint density at radius 2 is 1.52 bits per heavy atom. The standard InChI is InChI=1S/C24H18F3N3O2S/c25-24(26,27)18-7-4-8-20(15-18)28-22(32)17-10-12-19(13-11-17)29-23(33)30-21(31)14-9-16-5-2-1-3-6-16/h1-15H,(H,28,32)(H2,29,30,31,33)/b14-9+. The van der Waals surface area contributed by atoms with Crippen LogP contribution >= 0.6 is 12.2 Å². The maximum Gasteiger partial charge on any atom is 0.416 e. The number of hydrogen-bond acceptors (Lipinski definition) is 3. The topological polar surface area (TPSA) is 70.2 Å². The molecule has 2 amide bonds. The van der Waals surface area contributed by atoms with Crippen molar-refractivity contribution in [1.29, 1.82) is 0 Å². The summed E-state index contributed by atoms with van der Waals surface area (Å²) in [5.41, 5.74) is 0.797. The second-order valence-electron chi connectivity index (χ2n) is 6.80. The zero-order valence-electron chi connectivity index (χ0n) is 17.0. The highest BCUT2D eigenvalue weighted by atomic mass is 32.1. The quantitative estimate of drug-likeness (QED) is 0.342. The molecule has 0 bridgehead atoms. The first-order valence-electron chi connectivity index (χ1n) is 9.64. The number of carbonyl (C=O) groups is 2. The zero-order valence-corrected chi connectivity index (χ0v) is 17.8. The third kappa shape index (κ3) is 7.29. The van der Waals surface area contributed by atoms with Crippen LogP contribution in [0.25, 0.3) is 6.08 Å². The molecule has 0 aliphatic heterocycles. The summed E-state index contributed by atoms with van der Waals surface area (Å²) in [4.78, 5) is 24.3. The van der Waals surface area contributed by atoms with E-state index in [-0.39, 0.29) is 16.4 Å². The lowest BCUT2D eigenvalue weighted by atomic mass is 10.1. The van der Waals surface area contributed by atoms with Gasteiger partial charge < -0.3 is 10.6 Å². The Labute approximate surface area is 193 Å². The molecule has 3 N–H and O–H groups in total. The van der Waals surface area contributed by atoms with Crippen LogP contribution in [0.2, 0.25) is 0 Å². The molecule has 168 valence electrons. The van der Waals surface area contributed by atoms with Crippen molar-refractivity contribution in [2.75, 3.05) is 10.6 Å². The van der Waals surface area contributed by atoms with Crippen molar-refractivity contribution in [2.45, 2.75) is 6.18 Å². The second kappa shape index (κ2) is 10.6. The van der Waals surface area contributed by atoms with Crippen LogP contribution in [0.3, 0.4) is 0 Å². The minimum absolute atomic E-state index is 0.0319. The summed E-state index contributed by atoms with van der Waals surface area (Å²) in [5, 5.41) is 7.83. The smallest absolute Gasteiger partial charge is 0.332 e. The van der Waals surface area contributed by atoms with Gasteiger partial charge >= 0.3 is 6.18 Å². The number of amides is 2. The number of hydrogen-bond donors (Lipinski definition) is 3. The van der Waals surface area contributed by atoms with Gasteiger partial charge in [-0.1, -0.05) is 36.4 Å². The fourth-order valence-corrected chi connectivity index (χ4v) is 2.95. The van der Waals surface area contributed by atoms with Crippen molar-refractivity contribution in [2.24, 2.45) is 0 Å². The Balaban J connectivity index is 1.54. The Morgan fingerprint density at radius 1 is 0.818 bits per heavy atom. The number of nitrogens with one attached hydrogen (secondary N) is 3. The van der Waals surface area contributed by atoms with Crippen molar-refractivity contribution in [3.8, 4) is 0 Å². The van der Waals surface area contributed by atoms with Gasteiger partial charge in [-0.2, -0.15) is 13.2 Å². The van der Waals surface area contributed by atoms with Gasteiger partial charge in [-0.3, -0.25) is 14.9 Å². The van der Waals surface area contributed by atoms with Gasteiger partial charge in [0.15, 0.2) is 5.11 Å². The van der Waals surface area contributed by atoms with Gasteiger partial charge in [-0.15, -0.1) is 0 Å². The molecular weight excluding hydrogens is 451 g/mol. The van der Waals surface area contributed by atoms with Crippen LogP contribution in [0, 0.1) is 0 Å². The monoisotopic (exact) mass is 469 g/mol. The van der Waals surface area contributed by atoms with Crippen molar-refractivity contribution >= 4 is 46.6 Å². The minimum atomic E-state index is -4.50. The molecule has 0 saturated carbocycles. The molecule has 0 fully saturated rings. The van der Waals surface area contributed by atoms with E-state index in [1.807, 2.05) is 30.3 Å². The van der Waals surface area contributed by atoms with E-state index in [4.69, 9.17) is 12.2 Å². The van der Waals surface area contributed by atoms with Gasteiger partial charge in [0.05, 0.1) is 5.56 Å². The van der Waals surface area contributed by atoms with Crippen molar-refractivity contribution in [1.82, 2.24) is 5.32 Å². The molecule has 0 spiro atoms. The molecule has 0 radical (unpaired) electrons. The summed E-state index contributed by atoms with van der Waals surface area (Å²) < 4.78 is 38.5. The zero-order chi connectivity index (χ0) is 23.8. The molecule has 5 nitrogen and oxygen atoms in total. The summed E-state index contributed by atoms with van der Waals surface area (Å²) in [6.07, 6.45) is -1.50. The van der Waals surface area contributed by atoms with Gasteiger partial charge in [0.2, 0.25) is 5.91 Å². The van der Waals surface area contributed by atoms with E-state index in [2.05, 4.69) is 16.0 Å². The summed E-state index contributed by atoms with van der Waals surface area (Å²) >= 11 is 5.11. The van der Waals surface area contributed by atoms with Crippen LogP contribution < -0.4 is 16.0 Å². The Morgan fingerprint density at radius 3 is 2.18 bits per heavy atom. The van der Waals surface area contributed by atoms with E-state index < -0.39 is 23.6 Å². The van der Waals surface area contributed by atoms with Crippen molar-refractivity contribution < 1.29 is 22.8 Å². The molecule has 3 aromatic carbocycles. The fourth-order valence-electron chi connectivity index (χ4n) is 2.73. The SMILES string of the molecule is O=C(/C=C/c1ccccc1)NC(=S)Nc1ccc(C(=O)Nc2cccc(C(F)(F)F)c2)cc1. The molecule has 33 heavy (non-hydrogen) atoms. The molecule has 0 aromatic heterocycles. The third-order valence-electron chi connectivity index (χ3n) is 4.32. The number of anilines is 2. The Hall–Kier alpha value is -3.98. The maximum atomic E-state index is 12.8. The van der Waals surface area contributed by atoms with Crippen LogP contribution in [-0.2, 0) is 11.0 Å². The summed E-state index contributed by atoms with van der Waals surface area (Å²) in [6, 6.07) is 19.7. The van der Waals surface area contributed by atoms with Gasteiger partial charge in [0.25, 0.3) is 5.91 Å². The van der Waals surface area contributed by atoms with E-state index in [1.54, 1.807) is 18.2 Å². The predicted molar refractivity (Wildman–Crippen MR) is 126 cm³/mol. The van der Waals surface area contributed by atoms with Crippen molar-refractivity contribution in [3.63, 3.8) is 0 Å². The van der Waals surface area contributed by atoms with Crippen LogP contribution in [0.4, 0.5) is 24.5 Å². The number of halogens is 3. The average Bonchev–Trinajstić information content (AvgIpc) is 2.78. The average molecular weight is 469 g/mol. The molecule has 0 unspecified atom stereocenters. The van der Waals surface area contributed by atoms with Gasteiger partial charge in [-0.05, 0) is 66.3 Å².